The fourth-order valence-electron chi connectivity index (χ4n) is 0.325. The maximum Gasteiger partial charge on any atom is 0.210 e. The van der Waals surface area contributed by atoms with E-state index in [9.17, 15) is 25.2 Å². The molecule has 86 valence electrons. The molecule has 0 aliphatic heterocycles. The zero-order valence-corrected chi connectivity index (χ0v) is 12.3. The van der Waals surface area contributed by atoms with Crippen LogP contribution in [0.5, 0.6) is 0 Å². The van der Waals surface area contributed by atoms with Crippen molar-refractivity contribution in [2.75, 3.05) is 13.3 Å². The van der Waals surface area contributed by atoms with E-state index < -0.39 is 46.3 Å². The molecule has 0 heterocycles. The standard InChI is InChI=1S/C2H6F6P6/c1-9(3)11(5)13(7)14(8)12(6)10(2)4/h1-2H3. The first-order valence-corrected chi connectivity index (χ1v) is 14.7. The van der Waals surface area contributed by atoms with Gasteiger partial charge in [-0.1, -0.05) is 0 Å². The summed E-state index contributed by atoms with van der Waals surface area (Å²) < 4.78 is 75.6. The SMILES string of the molecule is CP(F)P(F)P(F)P(F)P(F)P(C)F. The highest BCUT2D eigenvalue weighted by Crippen LogP contribution is 3.09. The minimum atomic E-state index is -3.43. The summed E-state index contributed by atoms with van der Waals surface area (Å²) in [5, 5.41) is 0. The Morgan fingerprint density at radius 1 is 0.500 bits per heavy atom. The summed E-state index contributed by atoms with van der Waals surface area (Å²) >= 11 is 0. The number of hydrogen-bond donors (Lipinski definition) is 0. The molecule has 0 amide bonds. The molecular weight excluding hydrogens is 324 g/mol. The van der Waals surface area contributed by atoms with Crippen LogP contribution in [0.15, 0.2) is 0 Å². The number of rotatable bonds is 5. The Hall–Kier alpha value is 2.16. The molecule has 14 heavy (non-hydrogen) atoms. The first kappa shape index (κ1) is 16.2. The van der Waals surface area contributed by atoms with Gasteiger partial charge in [-0.05, 0) is 13.3 Å². The van der Waals surface area contributed by atoms with Crippen molar-refractivity contribution in [2.45, 2.75) is 0 Å². The molecule has 0 aliphatic rings. The second-order valence-electron chi connectivity index (χ2n) is 1.85. The third-order valence-corrected chi connectivity index (χ3v) is 24.5. The normalized spacial score (nSPS) is 24.9. The Balaban J connectivity index is 4.30. The molecule has 0 saturated carbocycles. The molecule has 0 nitrogen and oxygen atoms in total. The minimum absolute atomic E-state index is 0.809. The fourth-order valence-corrected chi connectivity index (χ4v) is 25.7. The van der Waals surface area contributed by atoms with E-state index in [1.54, 1.807) is 0 Å². The minimum Gasteiger partial charge on any atom is -0.219 e. The van der Waals surface area contributed by atoms with Gasteiger partial charge in [0.15, 0.2) is 0 Å². The molecule has 0 rings (SSSR count). The van der Waals surface area contributed by atoms with Gasteiger partial charge < -0.3 is 0 Å². The third kappa shape index (κ3) is 4.99. The highest BCUT2D eigenvalue weighted by Gasteiger charge is 2.44. The summed E-state index contributed by atoms with van der Waals surface area (Å²) in [5.74, 6) is 0. The van der Waals surface area contributed by atoms with Gasteiger partial charge in [-0.15, -0.1) is 0 Å². The first-order chi connectivity index (χ1) is 6.29. The highest BCUT2D eigenvalue weighted by atomic mass is 32.9. The van der Waals surface area contributed by atoms with Gasteiger partial charge in [0.05, 0.1) is 0 Å². The molecule has 0 fully saturated rings. The van der Waals surface area contributed by atoms with Crippen molar-refractivity contribution in [1.82, 2.24) is 0 Å². The Kier molecular flexibility index (Phi) is 8.63. The molecule has 0 saturated heterocycles. The van der Waals surface area contributed by atoms with Crippen molar-refractivity contribution < 1.29 is 25.2 Å². The Morgan fingerprint density at radius 2 is 0.714 bits per heavy atom. The molecule has 0 aliphatic carbocycles. The van der Waals surface area contributed by atoms with E-state index in [0.717, 1.165) is 13.3 Å². The van der Waals surface area contributed by atoms with E-state index >= 15 is 0 Å². The summed E-state index contributed by atoms with van der Waals surface area (Å²) in [6.07, 6.45) is 0. The van der Waals surface area contributed by atoms with Crippen LogP contribution in [-0.4, -0.2) is 13.3 Å². The predicted octanol–water partition coefficient (Wildman–Crippen LogP) is 8.02. The fraction of sp³-hybridized carbons (Fsp3) is 1.00. The number of hydrogen-bond acceptors (Lipinski definition) is 0. The molecule has 0 bridgehead atoms. The van der Waals surface area contributed by atoms with Crippen molar-refractivity contribution in [1.29, 1.82) is 0 Å². The van der Waals surface area contributed by atoms with Crippen LogP contribution in [0, 0.1) is 0 Å². The van der Waals surface area contributed by atoms with Crippen LogP contribution in [0.4, 0.5) is 25.2 Å². The van der Waals surface area contributed by atoms with Crippen LogP contribution in [-0.2, 0) is 0 Å². The average molecular weight is 330 g/mol. The van der Waals surface area contributed by atoms with Crippen LogP contribution < -0.4 is 0 Å². The lowest BCUT2D eigenvalue weighted by Crippen LogP contribution is -1.56. The van der Waals surface area contributed by atoms with E-state index in [2.05, 4.69) is 0 Å². The molecule has 0 aromatic rings. The van der Waals surface area contributed by atoms with E-state index in [1.807, 2.05) is 0 Å². The van der Waals surface area contributed by atoms with Crippen molar-refractivity contribution in [3.8, 4) is 0 Å². The summed E-state index contributed by atoms with van der Waals surface area (Å²) in [7, 11) is -18.8. The van der Waals surface area contributed by atoms with Crippen LogP contribution in [0.2, 0.25) is 0 Å². The third-order valence-electron chi connectivity index (χ3n) is 0.863. The summed E-state index contributed by atoms with van der Waals surface area (Å²) in [4.78, 5) is 0. The van der Waals surface area contributed by atoms with Gasteiger partial charge in [-0.3, -0.25) is 0 Å². The summed E-state index contributed by atoms with van der Waals surface area (Å²) in [6, 6.07) is 0. The van der Waals surface area contributed by atoms with Crippen molar-refractivity contribution in [3.05, 3.63) is 0 Å². The second-order valence-corrected chi connectivity index (χ2v) is 21.1. The van der Waals surface area contributed by atoms with E-state index in [4.69, 9.17) is 0 Å². The second kappa shape index (κ2) is 7.48. The van der Waals surface area contributed by atoms with E-state index in [-0.39, 0.29) is 0 Å². The van der Waals surface area contributed by atoms with Gasteiger partial charge >= 0.3 is 0 Å². The molecule has 12 heteroatoms. The van der Waals surface area contributed by atoms with Gasteiger partial charge in [0, 0.05) is 0 Å². The predicted molar refractivity (Wildman–Crippen MR) is 60.0 cm³/mol. The summed E-state index contributed by atoms with van der Waals surface area (Å²) in [6.45, 7) is 1.62. The molecule has 6 unspecified atom stereocenters. The Morgan fingerprint density at radius 3 is 0.857 bits per heavy atom. The lowest BCUT2D eigenvalue weighted by molar-refractivity contribution is 0.868. The largest absolute Gasteiger partial charge is 0.219 e. The van der Waals surface area contributed by atoms with Gasteiger partial charge in [0.2, 0.25) is 30.4 Å². The van der Waals surface area contributed by atoms with Crippen LogP contribution in [0.3, 0.4) is 0 Å². The molecule has 0 aromatic heterocycles. The molecule has 0 spiro atoms. The Labute approximate surface area is 85.3 Å². The molecule has 0 radical (unpaired) electrons. The van der Waals surface area contributed by atoms with E-state index in [0.29, 0.717) is 0 Å². The van der Waals surface area contributed by atoms with Gasteiger partial charge in [0.25, 0.3) is 0 Å². The Bertz CT molecular complexity index is 148. The van der Waals surface area contributed by atoms with Crippen molar-refractivity contribution >= 4 is 46.3 Å². The maximum atomic E-state index is 12.8. The van der Waals surface area contributed by atoms with Gasteiger partial charge in [-0.25, -0.2) is 25.2 Å². The van der Waals surface area contributed by atoms with Gasteiger partial charge in [-0.2, -0.15) is 0 Å². The topological polar surface area (TPSA) is 0 Å². The average Bonchev–Trinajstić information content (AvgIpc) is 2.12. The van der Waals surface area contributed by atoms with Crippen molar-refractivity contribution in [3.63, 3.8) is 0 Å². The van der Waals surface area contributed by atoms with Crippen LogP contribution in [0.25, 0.3) is 0 Å². The summed E-state index contributed by atoms with van der Waals surface area (Å²) in [5.41, 5.74) is 0. The van der Waals surface area contributed by atoms with Crippen molar-refractivity contribution in [2.24, 2.45) is 0 Å². The quantitative estimate of drug-likeness (QED) is 0.354. The molecule has 0 N–H and O–H groups in total. The van der Waals surface area contributed by atoms with Crippen LogP contribution >= 0.6 is 46.3 Å². The monoisotopic (exact) mass is 330 g/mol. The van der Waals surface area contributed by atoms with E-state index in [1.165, 1.54) is 0 Å². The van der Waals surface area contributed by atoms with Crippen LogP contribution in [0.1, 0.15) is 0 Å². The lowest BCUT2D eigenvalue weighted by Gasteiger charge is -2.18. The zero-order valence-electron chi connectivity index (χ0n) is 6.95. The molecule has 0 aromatic carbocycles. The molecule has 6 atom stereocenters. The first-order valence-electron chi connectivity index (χ1n) is 2.91. The van der Waals surface area contributed by atoms with Gasteiger partial charge in [0.1, 0.15) is 15.8 Å². The highest BCUT2D eigenvalue weighted by molar-refractivity contribution is 8.87. The smallest absolute Gasteiger partial charge is 0.210 e. The number of halogens is 6. The lowest BCUT2D eigenvalue weighted by atomic mass is 12.0. The maximum absolute atomic E-state index is 12.8. The zero-order chi connectivity index (χ0) is 11.5. The molecular formula is C2H6F6P6.